The summed E-state index contributed by atoms with van der Waals surface area (Å²) in [6.45, 7) is 4.00. The first kappa shape index (κ1) is 8.26. The van der Waals surface area contributed by atoms with Crippen LogP contribution in [0.2, 0.25) is 0 Å². The molecule has 0 fully saturated rings. The van der Waals surface area contributed by atoms with Crippen molar-refractivity contribution in [3.8, 4) is 0 Å². The number of nitrogens with zero attached hydrogens (tertiary/aromatic N) is 2. The smallest absolute Gasteiger partial charge is 0.142 e. The summed E-state index contributed by atoms with van der Waals surface area (Å²) in [5, 5.41) is 9.12. The Balaban J connectivity index is 2.80. The molecule has 0 bridgehead atoms. The lowest BCUT2D eigenvalue weighted by Gasteiger charge is -2.01. The van der Waals surface area contributed by atoms with Crippen LogP contribution in [0.25, 0.3) is 5.65 Å². The van der Waals surface area contributed by atoms with Crippen LogP contribution >= 0.6 is 0 Å². The summed E-state index contributed by atoms with van der Waals surface area (Å²) in [4.78, 5) is 4.33. The second-order valence-corrected chi connectivity index (χ2v) is 3.31. The Bertz CT molecular complexity index is 445. The SMILES string of the molecule is Cc1cc(CO)c2nc(C)cn2c1. The van der Waals surface area contributed by atoms with Gasteiger partial charge in [-0.3, -0.25) is 0 Å². The van der Waals surface area contributed by atoms with E-state index in [-0.39, 0.29) is 6.61 Å². The summed E-state index contributed by atoms with van der Waals surface area (Å²) in [5.41, 5.74) is 3.84. The van der Waals surface area contributed by atoms with E-state index in [2.05, 4.69) is 4.98 Å². The lowest BCUT2D eigenvalue weighted by molar-refractivity contribution is 0.282. The van der Waals surface area contributed by atoms with Gasteiger partial charge in [-0.15, -0.1) is 0 Å². The molecule has 68 valence electrons. The molecule has 0 aliphatic heterocycles. The maximum atomic E-state index is 9.12. The number of aliphatic hydroxyl groups excluding tert-OH is 1. The molecule has 3 heteroatoms. The normalized spacial score (nSPS) is 11.0. The van der Waals surface area contributed by atoms with Crippen molar-refractivity contribution in [1.29, 1.82) is 0 Å². The van der Waals surface area contributed by atoms with Crippen molar-refractivity contribution in [2.75, 3.05) is 0 Å². The quantitative estimate of drug-likeness (QED) is 0.714. The fourth-order valence-corrected chi connectivity index (χ4v) is 1.56. The van der Waals surface area contributed by atoms with E-state index >= 15 is 0 Å². The first-order chi connectivity index (χ1) is 6.20. The number of rotatable bonds is 1. The summed E-state index contributed by atoms with van der Waals surface area (Å²) in [7, 11) is 0. The van der Waals surface area contributed by atoms with Crippen LogP contribution in [0.3, 0.4) is 0 Å². The van der Waals surface area contributed by atoms with E-state index in [9.17, 15) is 0 Å². The lowest BCUT2D eigenvalue weighted by atomic mass is 10.2. The standard InChI is InChI=1S/C10H12N2O/c1-7-3-9(6-13)10-11-8(2)5-12(10)4-7/h3-5,13H,6H2,1-2H3. The van der Waals surface area contributed by atoms with Gasteiger partial charge in [-0.25, -0.2) is 4.98 Å². The van der Waals surface area contributed by atoms with Gasteiger partial charge < -0.3 is 9.51 Å². The fourth-order valence-electron chi connectivity index (χ4n) is 1.56. The molecule has 2 aromatic heterocycles. The van der Waals surface area contributed by atoms with Gasteiger partial charge in [0, 0.05) is 18.0 Å². The molecular formula is C10H12N2O. The highest BCUT2D eigenvalue weighted by atomic mass is 16.3. The molecule has 0 spiro atoms. The van der Waals surface area contributed by atoms with Gasteiger partial charge in [0.25, 0.3) is 0 Å². The van der Waals surface area contributed by atoms with E-state index in [1.807, 2.05) is 36.7 Å². The fraction of sp³-hybridized carbons (Fsp3) is 0.300. The van der Waals surface area contributed by atoms with E-state index in [4.69, 9.17) is 5.11 Å². The van der Waals surface area contributed by atoms with Gasteiger partial charge in [-0.2, -0.15) is 0 Å². The van der Waals surface area contributed by atoms with Crippen LogP contribution in [0, 0.1) is 13.8 Å². The Labute approximate surface area is 76.7 Å². The summed E-state index contributed by atoms with van der Waals surface area (Å²) in [5.74, 6) is 0. The maximum absolute atomic E-state index is 9.12. The molecule has 2 rings (SSSR count). The third-order valence-electron chi connectivity index (χ3n) is 2.05. The number of hydrogen-bond donors (Lipinski definition) is 1. The highest BCUT2D eigenvalue weighted by molar-refractivity contribution is 5.49. The Morgan fingerprint density at radius 3 is 2.85 bits per heavy atom. The molecule has 0 aromatic carbocycles. The van der Waals surface area contributed by atoms with Crippen molar-refractivity contribution >= 4 is 5.65 Å². The first-order valence-corrected chi connectivity index (χ1v) is 4.26. The van der Waals surface area contributed by atoms with Crippen LogP contribution in [0.15, 0.2) is 18.5 Å². The maximum Gasteiger partial charge on any atom is 0.142 e. The molecule has 0 radical (unpaired) electrons. The largest absolute Gasteiger partial charge is 0.392 e. The molecule has 0 unspecified atom stereocenters. The van der Waals surface area contributed by atoms with Gasteiger partial charge in [0.2, 0.25) is 0 Å². The highest BCUT2D eigenvalue weighted by Gasteiger charge is 2.03. The van der Waals surface area contributed by atoms with E-state index in [0.29, 0.717) is 0 Å². The molecule has 0 aliphatic rings. The topological polar surface area (TPSA) is 37.5 Å². The third kappa shape index (κ3) is 1.31. The monoisotopic (exact) mass is 176 g/mol. The Kier molecular flexibility index (Phi) is 1.81. The zero-order valence-electron chi connectivity index (χ0n) is 7.78. The molecule has 0 saturated heterocycles. The van der Waals surface area contributed by atoms with E-state index in [1.165, 1.54) is 0 Å². The molecule has 0 saturated carbocycles. The van der Waals surface area contributed by atoms with Gasteiger partial charge in [0.15, 0.2) is 0 Å². The molecule has 0 aliphatic carbocycles. The summed E-state index contributed by atoms with van der Waals surface area (Å²) in [6, 6.07) is 1.96. The Hall–Kier alpha value is -1.35. The summed E-state index contributed by atoms with van der Waals surface area (Å²) in [6.07, 6.45) is 3.97. The van der Waals surface area contributed by atoms with Crippen LogP contribution in [-0.2, 0) is 6.61 Å². The minimum atomic E-state index is 0.0433. The number of imidazole rings is 1. The highest BCUT2D eigenvalue weighted by Crippen LogP contribution is 2.13. The molecule has 0 amide bonds. The van der Waals surface area contributed by atoms with Crippen LogP contribution in [-0.4, -0.2) is 14.5 Å². The van der Waals surface area contributed by atoms with Gasteiger partial charge in [-0.05, 0) is 25.5 Å². The van der Waals surface area contributed by atoms with Crippen molar-refractivity contribution in [2.24, 2.45) is 0 Å². The van der Waals surface area contributed by atoms with E-state index < -0.39 is 0 Å². The molecule has 3 nitrogen and oxygen atoms in total. The second-order valence-electron chi connectivity index (χ2n) is 3.31. The van der Waals surface area contributed by atoms with Crippen LogP contribution < -0.4 is 0 Å². The average molecular weight is 176 g/mol. The number of aryl methyl sites for hydroxylation is 2. The molecule has 13 heavy (non-hydrogen) atoms. The predicted octanol–water partition coefficient (Wildman–Crippen LogP) is 1.44. The van der Waals surface area contributed by atoms with Crippen molar-refractivity contribution in [1.82, 2.24) is 9.38 Å². The van der Waals surface area contributed by atoms with Crippen molar-refractivity contribution in [3.63, 3.8) is 0 Å². The van der Waals surface area contributed by atoms with Crippen LogP contribution in [0.4, 0.5) is 0 Å². The predicted molar refractivity (Wildman–Crippen MR) is 50.6 cm³/mol. The van der Waals surface area contributed by atoms with Crippen molar-refractivity contribution < 1.29 is 5.11 Å². The first-order valence-electron chi connectivity index (χ1n) is 4.26. The number of pyridine rings is 1. The lowest BCUT2D eigenvalue weighted by Crippen LogP contribution is -1.93. The molecule has 0 atom stereocenters. The van der Waals surface area contributed by atoms with Crippen LogP contribution in [0.5, 0.6) is 0 Å². The molecular weight excluding hydrogens is 164 g/mol. The molecule has 1 N–H and O–H groups in total. The zero-order valence-corrected chi connectivity index (χ0v) is 7.78. The van der Waals surface area contributed by atoms with Gasteiger partial charge >= 0.3 is 0 Å². The number of aliphatic hydroxyl groups is 1. The zero-order chi connectivity index (χ0) is 9.42. The van der Waals surface area contributed by atoms with Crippen molar-refractivity contribution in [2.45, 2.75) is 20.5 Å². The molecule has 2 aromatic rings. The Morgan fingerprint density at radius 2 is 2.15 bits per heavy atom. The summed E-state index contributed by atoms with van der Waals surface area (Å²) >= 11 is 0. The third-order valence-corrected chi connectivity index (χ3v) is 2.05. The van der Waals surface area contributed by atoms with Crippen molar-refractivity contribution in [3.05, 3.63) is 35.3 Å². The minimum Gasteiger partial charge on any atom is -0.392 e. The summed E-state index contributed by atoms with van der Waals surface area (Å²) < 4.78 is 1.95. The molecule has 2 heterocycles. The minimum absolute atomic E-state index is 0.0433. The van der Waals surface area contributed by atoms with E-state index in [0.717, 1.165) is 22.5 Å². The Morgan fingerprint density at radius 1 is 1.38 bits per heavy atom. The number of aromatic nitrogens is 2. The van der Waals surface area contributed by atoms with Gasteiger partial charge in [-0.1, -0.05) is 0 Å². The van der Waals surface area contributed by atoms with E-state index in [1.54, 1.807) is 0 Å². The second kappa shape index (κ2) is 2.85. The van der Waals surface area contributed by atoms with Crippen LogP contribution in [0.1, 0.15) is 16.8 Å². The van der Waals surface area contributed by atoms with Gasteiger partial charge in [0.05, 0.1) is 12.3 Å². The van der Waals surface area contributed by atoms with Gasteiger partial charge in [0.1, 0.15) is 5.65 Å². The number of hydrogen-bond acceptors (Lipinski definition) is 2. The average Bonchev–Trinajstić information content (AvgIpc) is 2.43. The number of fused-ring (bicyclic) bond motifs is 1.